The molecule has 0 saturated heterocycles. The van der Waals surface area contributed by atoms with Gasteiger partial charge in [0, 0.05) is 12.5 Å². The lowest BCUT2D eigenvalue weighted by Crippen LogP contribution is -2.11. The van der Waals surface area contributed by atoms with Crippen LogP contribution in [0.1, 0.15) is 71.1 Å². The number of unbranched alkanes of at least 4 members (excludes halogenated alkanes) is 5. The summed E-state index contributed by atoms with van der Waals surface area (Å²) in [7, 11) is 0. The molecule has 166 valence electrons. The molecule has 1 rings (SSSR count). The molecule has 0 aliphatic carbocycles. The summed E-state index contributed by atoms with van der Waals surface area (Å²) in [5.41, 5.74) is 0. The third-order valence-electron chi connectivity index (χ3n) is 4.32. The number of hydrogen-bond acceptors (Lipinski definition) is 2. The second-order valence-corrected chi connectivity index (χ2v) is 6.87. The van der Waals surface area contributed by atoms with Gasteiger partial charge in [-0.15, -0.1) is 0 Å². The van der Waals surface area contributed by atoms with Gasteiger partial charge in [-0.2, -0.15) is 8.78 Å². The van der Waals surface area contributed by atoms with Crippen molar-refractivity contribution in [3.8, 4) is 5.75 Å². The molecule has 0 unspecified atom stereocenters. The second-order valence-electron chi connectivity index (χ2n) is 6.87. The summed E-state index contributed by atoms with van der Waals surface area (Å²) in [6, 6.07) is 0.0696. The molecule has 0 aliphatic heterocycles. The van der Waals surface area contributed by atoms with E-state index in [1.807, 2.05) is 0 Å². The normalized spacial score (nSPS) is 11.9. The summed E-state index contributed by atoms with van der Waals surface area (Å²) in [4.78, 5) is 11.7. The summed E-state index contributed by atoms with van der Waals surface area (Å²) in [5.74, 6) is -8.87. The lowest BCUT2D eigenvalue weighted by molar-refractivity contribution is -0.135. The number of allylic oxidation sites excluding steroid dienone is 6. The highest BCUT2D eigenvalue weighted by atomic mass is 19.2. The number of halogens is 4. The van der Waals surface area contributed by atoms with Crippen molar-refractivity contribution >= 4 is 5.97 Å². The Hall–Kier alpha value is -2.37. The lowest BCUT2D eigenvalue weighted by Gasteiger charge is -2.07. The Bertz CT molecular complexity index is 713. The average Bonchev–Trinajstić information content (AvgIpc) is 2.72. The number of carbonyl (C=O) groups is 1. The molecule has 0 spiro atoms. The fraction of sp³-hybridized carbons (Fsp3) is 0.458. The molecule has 1 aromatic carbocycles. The smallest absolute Gasteiger partial charge is 0.311 e. The molecule has 0 atom stereocenters. The van der Waals surface area contributed by atoms with Crippen molar-refractivity contribution < 1.29 is 27.1 Å². The van der Waals surface area contributed by atoms with E-state index in [1.165, 1.54) is 0 Å². The van der Waals surface area contributed by atoms with E-state index < -0.39 is 35.0 Å². The van der Waals surface area contributed by atoms with Crippen molar-refractivity contribution in [2.24, 2.45) is 0 Å². The molecule has 0 N–H and O–H groups in total. The van der Waals surface area contributed by atoms with Crippen LogP contribution < -0.4 is 4.74 Å². The topological polar surface area (TPSA) is 26.3 Å². The molecule has 2 nitrogen and oxygen atoms in total. The van der Waals surface area contributed by atoms with Crippen LogP contribution >= 0.6 is 0 Å². The Morgan fingerprint density at radius 1 is 0.800 bits per heavy atom. The van der Waals surface area contributed by atoms with Gasteiger partial charge < -0.3 is 4.74 Å². The first kappa shape index (κ1) is 25.7. The molecule has 0 radical (unpaired) electrons. The van der Waals surface area contributed by atoms with Gasteiger partial charge in [-0.25, -0.2) is 8.78 Å². The van der Waals surface area contributed by atoms with Gasteiger partial charge in [0.25, 0.3) is 0 Å². The van der Waals surface area contributed by atoms with E-state index in [9.17, 15) is 22.4 Å². The van der Waals surface area contributed by atoms with Crippen LogP contribution in [0.2, 0.25) is 0 Å². The molecule has 0 aromatic heterocycles. The Kier molecular flexibility index (Phi) is 13.2. The summed E-state index contributed by atoms with van der Waals surface area (Å²) < 4.78 is 57.5. The van der Waals surface area contributed by atoms with Crippen molar-refractivity contribution in [3.05, 3.63) is 65.8 Å². The maximum atomic E-state index is 13.5. The number of hydrogen-bond donors (Lipinski definition) is 0. The molecule has 1 aromatic rings. The Morgan fingerprint density at radius 2 is 1.33 bits per heavy atom. The highest BCUT2D eigenvalue weighted by Gasteiger charge is 2.22. The van der Waals surface area contributed by atoms with Crippen LogP contribution in [0.25, 0.3) is 0 Å². The Balaban J connectivity index is 2.10. The minimum Gasteiger partial charge on any atom is -0.420 e. The molecular formula is C24H30F4O2. The van der Waals surface area contributed by atoms with Crippen LogP contribution in [-0.4, -0.2) is 5.97 Å². The molecule has 30 heavy (non-hydrogen) atoms. The summed E-state index contributed by atoms with van der Waals surface area (Å²) in [6.07, 6.45) is 21.0. The van der Waals surface area contributed by atoms with Crippen LogP contribution in [0.3, 0.4) is 0 Å². The third kappa shape index (κ3) is 10.4. The quantitative estimate of drug-likeness (QED) is 0.0759. The van der Waals surface area contributed by atoms with Gasteiger partial charge in [0.1, 0.15) is 0 Å². The molecule has 0 bridgehead atoms. The minimum atomic E-state index is -1.71. The molecule has 0 heterocycles. The molecule has 0 fully saturated rings. The first-order valence-electron chi connectivity index (χ1n) is 10.5. The van der Waals surface area contributed by atoms with Crippen molar-refractivity contribution in [1.29, 1.82) is 0 Å². The van der Waals surface area contributed by atoms with E-state index in [0.717, 1.165) is 51.4 Å². The first-order chi connectivity index (χ1) is 14.5. The van der Waals surface area contributed by atoms with Crippen LogP contribution in [-0.2, 0) is 4.79 Å². The van der Waals surface area contributed by atoms with Crippen molar-refractivity contribution in [2.45, 2.75) is 71.1 Å². The zero-order valence-corrected chi connectivity index (χ0v) is 17.4. The number of ether oxygens (including phenoxy) is 1. The number of benzene rings is 1. The van der Waals surface area contributed by atoms with E-state index in [0.29, 0.717) is 6.42 Å². The predicted molar refractivity (Wildman–Crippen MR) is 111 cm³/mol. The van der Waals surface area contributed by atoms with Crippen molar-refractivity contribution in [1.82, 2.24) is 0 Å². The molecule has 6 heteroatoms. The van der Waals surface area contributed by atoms with Crippen LogP contribution in [0.4, 0.5) is 17.6 Å². The minimum absolute atomic E-state index is 0.0696. The molecule has 0 amide bonds. The maximum Gasteiger partial charge on any atom is 0.311 e. The SMILES string of the molecule is CC/C=C\C/C=C\C/C=C\CCCCCCCC(=O)Oc1c(F)c(F)cc(F)c1F. The van der Waals surface area contributed by atoms with Crippen molar-refractivity contribution in [2.75, 3.05) is 0 Å². The molecule has 0 saturated carbocycles. The van der Waals surface area contributed by atoms with Gasteiger partial charge in [-0.1, -0.05) is 62.6 Å². The van der Waals surface area contributed by atoms with E-state index in [1.54, 1.807) is 0 Å². The summed E-state index contributed by atoms with van der Waals surface area (Å²) in [5, 5.41) is 0. The standard InChI is InChI=1S/C24H30F4O2/c1-2-3-4-5-6-7-8-9-10-11-12-13-14-15-16-17-21(29)30-24-22(27)19(25)18-20(26)23(24)28/h3-4,6-7,9-10,18H,2,5,8,11-17H2,1H3/b4-3-,7-6-,10-9-. The van der Waals surface area contributed by atoms with Gasteiger partial charge >= 0.3 is 5.97 Å². The predicted octanol–water partition coefficient (Wildman–Crippen LogP) is 7.74. The van der Waals surface area contributed by atoms with E-state index in [-0.39, 0.29) is 12.5 Å². The maximum absolute atomic E-state index is 13.5. The third-order valence-corrected chi connectivity index (χ3v) is 4.32. The van der Waals surface area contributed by atoms with Gasteiger partial charge in [-0.3, -0.25) is 4.79 Å². The van der Waals surface area contributed by atoms with Gasteiger partial charge in [0.05, 0.1) is 0 Å². The van der Waals surface area contributed by atoms with Gasteiger partial charge in [0.15, 0.2) is 11.6 Å². The monoisotopic (exact) mass is 426 g/mol. The zero-order valence-electron chi connectivity index (χ0n) is 17.4. The zero-order chi connectivity index (χ0) is 22.2. The van der Waals surface area contributed by atoms with Crippen LogP contribution in [0.5, 0.6) is 5.75 Å². The van der Waals surface area contributed by atoms with Crippen LogP contribution in [0.15, 0.2) is 42.5 Å². The van der Waals surface area contributed by atoms with E-state index >= 15 is 0 Å². The second kappa shape index (κ2) is 15.5. The molecule has 0 aliphatic rings. The van der Waals surface area contributed by atoms with E-state index in [4.69, 9.17) is 0 Å². The Morgan fingerprint density at radius 3 is 1.97 bits per heavy atom. The highest BCUT2D eigenvalue weighted by Crippen LogP contribution is 2.27. The van der Waals surface area contributed by atoms with E-state index in [2.05, 4.69) is 48.1 Å². The lowest BCUT2D eigenvalue weighted by atomic mass is 10.1. The number of carbonyl (C=O) groups excluding carboxylic acids is 1. The van der Waals surface area contributed by atoms with Gasteiger partial charge in [-0.05, 0) is 38.5 Å². The van der Waals surface area contributed by atoms with Crippen LogP contribution in [0, 0.1) is 23.3 Å². The Labute approximate surface area is 176 Å². The first-order valence-corrected chi connectivity index (χ1v) is 10.5. The highest BCUT2D eigenvalue weighted by molar-refractivity contribution is 5.72. The number of esters is 1. The summed E-state index contributed by atoms with van der Waals surface area (Å²) in [6.45, 7) is 2.11. The van der Waals surface area contributed by atoms with Gasteiger partial charge in [0.2, 0.25) is 17.4 Å². The fourth-order valence-corrected chi connectivity index (χ4v) is 2.69. The average molecular weight is 426 g/mol. The number of rotatable bonds is 14. The summed E-state index contributed by atoms with van der Waals surface area (Å²) >= 11 is 0. The largest absolute Gasteiger partial charge is 0.420 e. The fourth-order valence-electron chi connectivity index (χ4n) is 2.69. The molecular weight excluding hydrogens is 396 g/mol. The van der Waals surface area contributed by atoms with Crippen molar-refractivity contribution in [3.63, 3.8) is 0 Å².